The number of imidazole rings is 1. The number of hydrogen-bond acceptors (Lipinski definition) is 4. The number of aromatic nitrogens is 2. The molecule has 0 spiro atoms. The molecule has 0 atom stereocenters. The van der Waals surface area contributed by atoms with Crippen LogP contribution in [-0.2, 0) is 13.1 Å². The molecule has 0 saturated heterocycles. The van der Waals surface area contributed by atoms with E-state index in [0.717, 1.165) is 42.0 Å². The molecule has 1 heterocycles. The molecule has 0 fully saturated rings. The van der Waals surface area contributed by atoms with Crippen molar-refractivity contribution in [1.29, 1.82) is 0 Å². The van der Waals surface area contributed by atoms with E-state index in [-0.39, 0.29) is 6.10 Å². The lowest BCUT2D eigenvalue weighted by Crippen LogP contribution is -2.16. The third-order valence-corrected chi connectivity index (χ3v) is 3.97. The van der Waals surface area contributed by atoms with Crippen molar-refractivity contribution in [3.05, 3.63) is 40.9 Å². The minimum absolute atomic E-state index is 0.104. The lowest BCUT2D eigenvalue weighted by atomic mass is 10.2. The van der Waals surface area contributed by atoms with Crippen molar-refractivity contribution in [1.82, 2.24) is 14.9 Å². The first-order chi connectivity index (χ1) is 11.6. The topological polar surface area (TPSA) is 48.3 Å². The first-order valence-corrected chi connectivity index (χ1v) is 9.17. The van der Waals surface area contributed by atoms with Crippen molar-refractivity contribution in [2.24, 2.45) is 0 Å². The Labute approximate surface area is 152 Å². The number of aryl methyl sites for hydroxylation is 1. The van der Waals surface area contributed by atoms with E-state index in [1.54, 1.807) is 6.20 Å². The van der Waals surface area contributed by atoms with Crippen LogP contribution >= 0.6 is 15.9 Å². The number of ether oxygens (including phenoxy) is 2. The molecular formula is C18H26BrN3O2. The van der Waals surface area contributed by atoms with Crippen LogP contribution in [0.3, 0.4) is 0 Å². The van der Waals surface area contributed by atoms with Crippen LogP contribution in [0.15, 0.2) is 35.3 Å². The number of halogens is 1. The lowest BCUT2D eigenvalue weighted by Gasteiger charge is -2.17. The van der Waals surface area contributed by atoms with Gasteiger partial charge in [0, 0.05) is 25.5 Å². The molecule has 6 heteroatoms. The highest BCUT2D eigenvalue weighted by molar-refractivity contribution is 9.10. The Kier molecular flexibility index (Phi) is 7.59. The molecule has 1 N–H and O–H groups in total. The molecule has 5 nitrogen and oxygen atoms in total. The van der Waals surface area contributed by atoms with Gasteiger partial charge in [-0.15, -0.1) is 0 Å². The third kappa shape index (κ3) is 5.83. The van der Waals surface area contributed by atoms with Crippen LogP contribution in [-0.4, -0.2) is 28.8 Å². The molecule has 0 amide bonds. The fourth-order valence-corrected chi connectivity index (χ4v) is 2.96. The highest BCUT2D eigenvalue weighted by Crippen LogP contribution is 2.37. The van der Waals surface area contributed by atoms with Crippen molar-refractivity contribution in [2.75, 3.05) is 13.2 Å². The number of benzene rings is 1. The summed E-state index contributed by atoms with van der Waals surface area (Å²) < 4.78 is 14.6. The maximum Gasteiger partial charge on any atom is 0.175 e. The van der Waals surface area contributed by atoms with Gasteiger partial charge in [0.05, 0.1) is 23.5 Å². The van der Waals surface area contributed by atoms with Gasteiger partial charge >= 0.3 is 0 Å². The van der Waals surface area contributed by atoms with Crippen molar-refractivity contribution in [3.8, 4) is 11.5 Å². The molecule has 0 saturated carbocycles. The molecule has 0 aliphatic rings. The summed E-state index contributed by atoms with van der Waals surface area (Å²) >= 11 is 3.60. The predicted molar refractivity (Wildman–Crippen MR) is 99.6 cm³/mol. The Morgan fingerprint density at radius 2 is 2.17 bits per heavy atom. The van der Waals surface area contributed by atoms with E-state index in [0.29, 0.717) is 6.61 Å². The molecular weight excluding hydrogens is 370 g/mol. The number of rotatable bonds is 10. The van der Waals surface area contributed by atoms with Gasteiger partial charge in [0.25, 0.3) is 0 Å². The fraction of sp³-hybridized carbons (Fsp3) is 0.500. The van der Waals surface area contributed by atoms with E-state index >= 15 is 0 Å². The molecule has 0 unspecified atom stereocenters. The van der Waals surface area contributed by atoms with Crippen molar-refractivity contribution >= 4 is 15.9 Å². The number of hydrogen-bond donors (Lipinski definition) is 1. The van der Waals surface area contributed by atoms with Gasteiger partial charge in [-0.3, -0.25) is 0 Å². The highest BCUT2D eigenvalue weighted by atomic mass is 79.9. The van der Waals surface area contributed by atoms with Gasteiger partial charge in [0.15, 0.2) is 11.5 Å². The van der Waals surface area contributed by atoms with Gasteiger partial charge in [-0.1, -0.05) is 0 Å². The van der Waals surface area contributed by atoms with Crippen molar-refractivity contribution in [3.63, 3.8) is 0 Å². The van der Waals surface area contributed by atoms with Crippen LogP contribution in [0.2, 0.25) is 0 Å². The van der Waals surface area contributed by atoms with Crippen LogP contribution < -0.4 is 14.8 Å². The summed E-state index contributed by atoms with van der Waals surface area (Å²) in [6.07, 6.45) is 6.80. The van der Waals surface area contributed by atoms with Gasteiger partial charge in [0.2, 0.25) is 0 Å². The van der Waals surface area contributed by atoms with E-state index in [9.17, 15) is 0 Å². The average Bonchev–Trinajstić information content (AvgIpc) is 3.04. The molecule has 2 rings (SSSR count). The third-order valence-electron chi connectivity index (χ3n) is 3.38. The Morgan fingerprint density at radius 1 is 1.33 bits per heavy atom. The van der Waals surface area contributed by atoms with E-state index in [2.05, 4.69) is 42.9 Å². The SMILES string of the molecule is CCOc1cc(CNCCCn2ccnc2)cc(Br)c1OC(C)C. The molecule has 24 heavy (non-hydrogen) atoms. The maximum atomic E-state index is 5.87. The van der Waals surface area contributed by atoms with Gasteiger partial charge < -0.3 is 19.4 Å². The highest BCUT2D eigenvalue weighted by Gasteiger charge is 2.13. The zero-order valence-corrected chi connectivity index (χ0v) is 16.2. The summed E-state index contributed by atoms with van der Waals surface area (Å²) in [4.78, 5) is 4.05. The molecule has 0 aliphatic carbocycles. The van der Waals surface area contributed by atoms with E-state index in [1.165, 1.54) is 5.56 Å². The molecule has 0 radical (unpaired) electrons. The Hall–Kier alpha value is -1.53. The minimum atomic E-state index is 0.104. The normalized spacial score (nSPS) is 11.0. The van der Waals surface area contributed by atoms with E-state index < -0.39 is 0 Å². The molecule has 1 aromatic carbocycles. The maximum absolute atomic E-state index is 5.87. The quantitative estimate of drug-likeness (QED) is 0.617. The average molecular weight is 396 g/mol. The molecule has 0 aliphatic heterocycles. The molecule has 2 aromatic rings. The van der Waals surface area contributed by atoms with E-state index in [4.69, 9.17) is 9.47 Å². The Morgan fingerprint density at radius 3 is 2.83 bits per heavy atom. The molecule has 1 aromatic heterocycles. The van der Waals surface area contributed by atoms with E-state index in [1.807, 2.05) is 33.3 Å². The summed E-state index contributed by atoms with van der Waals surface area (Å²) in [5.74, 6) is 1.56. The zero-order chi connectivity index (χ0) is 17.4. The van der Waals surface area contributed by atoms with Gasteiger partial charge in [-0.25, -0.2) is 4.98 Å². The summed E-state index contributed by atoms with van der Waals surface area (Å²) in [6.45, 7) is 9.34. The van der Waals surface area contributed by atoms with Crippen LogP contribution in [0.5, 0.6) is 11.5 Å². The van der Waals surface area contributed by atoms with Crippen molar-refractivity contribution < 1.29 is 9.47 Å². The van der Waals surface area contributed by atoms with Gasteiger partial charge in [0.1, 0.15) is 0 Å². The summed E-state index contributed by atoms with van der Waals surface area (Å²) in [6, 6.07) is 4.14. The zero-order valence-electron chi connectivity index (χ0n) is 14.6. The Bertz CT molecular complexity index is 615. The van der Waals surface area contributed by atoms with Crippen molar-refractivity contribution in [2.45, 2.75) is 46.4 Å². The second kappa shape index (κ2) is 9.69. The Balaban J connectivity index is 1.89. The first kappa shape index (κ1) is 18.8. The van der Waals surface area contributed by atoms with Gasteiger partial charge in [-0.05, 0) is 67.4 Å². The standard InChI is InChI=1S/C18H26BrN3O2/c1-4-23-17-11-15(10-16(19)18(17)24-14(2)3)12-20-6-5-8-22-9-7-21-13-22/h7,9-11,13-14,20H,4-6,8,12H2,1-3H3. The fourth-order valence-electron chi connectivity index (χ4n) is 2.37. The summed E-state index contributed by atoms with van der Waals surface area (Å²) in [7, 11) is 0. The summed E-state index contributed by atoms with van der Waals surface area (Å²) in [5.41, 5.74) is 1.17. The lowest BCUT2D eigenvalue weighted by molar-refractivity contribution is 0.222. The van der Waals surface area contributed by atoms with Crippen LogP contribution in [0.4, 0.5) is 0 Å². The second-order valence-electron chi connectivity index (χ2n) is 5.84. The molecule has 0 bridgehead atoms. The van der Waals surface area contributed by atoms with Gasteiger partial charge in [-0.2, -0.15) is 0 Å². The number of nitrogens with one attached hydrogen (secondary N) is 1. The van der Waals surface area contributed by atoms with Crippen LogP contribution in [0.25, 0.3) is 0 Å². The predicted octanol–water partition coefficient (Wildman–Crippen LogP) is 4.01. The summed E-state index contributed by atoms with van der Waals surface area (Å²) in [5, 5.41) is 3.47. The van der Waals surface area contributed by atoms with Crippen LogP contribution in [0, 0.1) is 0 Å². The largest absolute Gasteiger partial charge is 0.490 e. The minimum Gasteiger partial charge on any atom is -0.490 e. The monoisotopic (exact) mass is 395 g/mol. The second-order valence-corrected chi connectivity index (χ2v) is 6.69. The first-order valence-electron chi connectivity index (χ1n) is 8.38. The van der Waals surface area contributed by atoms with Crippen LogP contribution in [0.1, 0.15) is 32.8 Å². The smallest absolute Gasteiger partial charge is 0.175 e. The molecule has 132 valence electrons. The number of nitrogens with zero attached hydrogens (tertiary/aromatic N) is 2.